The van der Waals surface area contributed by atoms with Gasteiger partial charge >= 0.3 is 6.18 Å². The number of rotatable bonds is 7. The van der Waals surface area contributed by atoms with Crippen LogP contribution < -0.4 is 9.47 Å². The molecule has 0 aliphatic carbocycles. The second-order valence-electron chi connectivity index (χ2n) is 12.5. The van der Waals surface area contributed by atoms with Crippen LogP contribution in [0.2, 0.25) is 0 Å². The van der Waals surface area contributed by atoms with E-state index in [9.17, 15) is 22.0 Å². The summed E-state index contributed by atoms with van der Waals surface area (Å²) in [5.41, 5.74) is 2.60. The Morgan fingerprint density at radius 3 is 2.54 bits per heavy atom. The van der Waals surface area contributed by atoms with Gasteiger partial charge in [-0.1, -0.05) is 12.1 Å². The van der Waals surface area contributed by atoms with Crippen molar-refractivity contribution in [3.63, 3.8) is 0 Å². The molecule has 0 saturated carbocycles. The van der Waals surface area contributed by atoms with Gasteiger partial charge in [-0.25, -0.2) is 18.7 Å². The van der Waals surface area contributed by atoms with E-state index >= 15 is 0 Å². The summed E-state index contributed by atoms with van der Waals surface area (Å²) in [5, 5.41) is 6.89. The van der Waals surface area contributed by atoms with Gasteiger partial charge in [0.2, 0.25) is 5.82 Å². The zero-order valence-electron chi connectivity index (χ0n) is 25.7. The average molecular weight is 668 g/mol. The zero-order valence-corrected chi connectivity index (χ0v) is 25.7. The number of aromatic amines is 1. The minimum atomic E-state index is -4.64. The van der Waals surface area contributed by atoms with Crippen LogP contribution in [0.5, 0.6) is 11.5 Å². The van der Waals surface area contributed by atoms with Crippen molar-refractivity contribution in [2.75, 3.05) is 19.7 Å². The van der Waals surface area contributed by atoms with E-state index in [2.05, 4.69) is 25.1 Å². The van der Waals surface area contributed by atoms with Crippen LogP contribution in [0.4, 0.5) is 22.0 Å². The highest BCUT2D eigenvalue weighted by Gasteiger charge is 2.43. The van der Waals surface area contributed by atoms with Crippen LogP contribution in [0.25, 0.3) is 22.6 Å². The summed E-state index contributed by atoms with van der Waals surface area (Å²) in [6.07, 6.45) is -0.572. The first-order chi connectivity index (χ1) is 23.0. The van der Waals surface area contributed by atoms with E-state index in [4.69, 9.17) is 19.2 Å². The lowest BCUT2D eigenvalue weighted by atomic mass is 9.88. The summed E-state index contributed by atoms with van der Waals surface area (Å²) in [6.45, 7) is 4.95. The van der Waals surface area contributed by atoms with E-state index < -0.39 is 29.4 Å². The quantitative estimate of drug-likeness (QED) is 0.201. The van der Waals surface area contributed by atoms with E-state index in [1.807, 2.05) is 16.7 Å². The molecule has 2 atom stereocenters. The summed E-state index contributed by atoms with van der Waals surface area (Å²) in [4.78, 5) is 14.0. The van der Waals surface area contributed by atoms with Gasteiger partial charge < -0.3 is 23.8 Å². The second-order valence-corrected chi connectivity index (χ2v) is 12.5. The number of hydrogen-bond acceptors (Lipinski definition) is 8. The van der Waals surface area contributed by atoms with Gasteiger partial charge in [0.15, 0.2) is 23.0 Å². The van der Waals surface area contributed by atoms with Crippen molar-refractivity contribution in [1.82, 2.24) is 34.6 Å². The number of hydrogen-bond donors (Lipinski definition) is 1. The topological polar surface area (TPSA) is 103 Å². The van der Waals surface area contributed by atoms with Crippen molar-refractivity contribution in [2.45, 2.75) is 63.3 Å². The molecule has 2 aromatic carbocycles. The molecule has 3 aromatic heterocycles. The molecule has 5 aromatic rings. The molecule has 48 heavy (non-hydrogen) atoms. The smallest absolute Gasteiger partial charge is 0.444 e. The number of piperidine rings is 1. The number of alkyl halides is 3. The number of fused-ring (bicyclic) bond motifs is 2. The van der Waals surface area contributed by atoms with Gasteiger partial charge in [-0.3, -0.25) is 4.90 Å². The third kappa shape index (κ3) is 5.53. The third-order valence-corrected chi connectivity index (χ3v) is 9.30. The molecule has 15 heteroatoms. The van der Waals surface area contributed by atoms with Crippen LogP contribution in [-0.2, 0) is 29.8 Å². The molecule has 3 aliphatic rings. The molecule has 6 heterocycles. The Kier molecular flexibility index (Phi) is 7.36. The SMILES string of the molecule is CC1(c2ccc(F)cc2F)Oc2cccc(C3CCN(Cc4nc5cc(-c6nnc(C(F)(F)F)[nH]6)cnc5n4C[C@@H]4CCO4)CC3)c2O1. The first-order valence-corrected chi connectivity index (χ1v) is 15.7. The van der Waals surface area contributed by atoms with Crippen molar-refractivity contribution >= 4 is 11.2 Å². The van der Waals surface area contributed by atoms with E-state index in [1.165, 1.54) is 18.3 Å². The van der Waals surface area contributed by atoms with Gasteiger partial charge in [0.25, 0.3) is 5.79 Å². The van der Waals surface area contributed by atoms with Gasteiger partial charge in [-0.15, -0.1) is 10.2 Å². The highest BCUT2D eigenvalue weighted by Crippen LogP contribution is 2.49. The molecule has 8 rings (SSSR count). The molecule has 10 nitrogen and oxygen atoms in total. The average Bonchev–Trinajstić information content (AvgIpc) is 3.74. The normalized spacial score (nSPS) is 21.6. The minimum absolute atomic E-state index is 0.0356. The number of imidazole rings is 1. The number of H-pyrrole nitrogens is 1. The Morgan fingerprint density at radius 1 is 1.02 bits per heavy atom. The molecule has 0 spiro atoms. The minimum Gasteiger partial charge on any atom is -0.444 e. The number of halogens is 5. The molecule has 1 N–H and O–H groups in total. The standard InChI is InChI=1S/C33H30F5N7O3/c1-32(23-6-5-20(34)14-24(23)35)47-26-4-2-3-22(28(26)48-32)18-7-10-44(11-8-18)17-27-40-25-13-19(29-41-31(43-42-29)33(36,37)38)15-39-30(25)45(27)16-21-9-12-46-21/h2-6,13-15,18,21H,7-12,16-17H2,1H3,(H,41,42,43)/t21-,32?/m0/s1. The Hall–Kier alpha value is -4.63. The molecule has 250 valence electrons. The second kappa shape index (κ2) is 11.5. The Morgan fingerprint density at radius 2 is 1.83 bits per heavy atom. The first kappa shape index (κ1) is 30.7. The van der Waals surface area contributed by atoms with Crippen LogP contribution in [0.15, 0.2) is 48.7 Å². The highest BCUT2D eigenvalue weighted by molar-refractivity contribution is 5.77. The molecular weight excluding hydrogens is 637 g/mol. The van der Waals surface area contributed by atoms with Crippen LogP contribution in [0.3, 0.4) is 0 Å². The van der Waals surface area contributed by atoms with E-state index in [0.29, 0.717) is 47.9 Å². The van der Waals surface area contributed by atoms with E-state index in [0.717, 1.165) is 49.8 Å². The van der Waals surface area contributed by atoms with Crippen LogP contribution in [0.1, 0.15) is 54.9 Å². The van der Waals surface area contributed by atoms with Gasteiger partial charge in [-0.2, -0.15) is 13.2 Å². The number of pyridine rings is 1. The van der Waals surface area contributed by atoms with Gasteiger partial charge in [-0.05, 0) is 62.5 Å². The van der Waals surface area contributed by atoms with Crippen molar-refractivity contribution in [3.05, 3.63) is 83.1 Å². The molecule has 0 radical (unpaired) electrons. The van der Waals surface area contributed by atoms with Crippen LogP contribution >= 0.6 is 0 Å². The Bertz CT molecular complexity index is 2000. The van der Waals surface area contributed by atoms with Crippen LogP contribution in [0, 0.1) is 11.6 Å². The lowest BCUT2D eigenvalue weighted by Crippen LogP contribution is -2.35. The maximum atomic E-state index is 14.7. The number of nitrogens with zero attached hydrogens (tertiary/aromatic N) is 6. The third-order valence-electron chi connectivity index (χ3n) is 9.30. The van der Waals surface area contributed by atoms with Crippen LogP contribution in [-0.4, -0.2) is 60.4 Å². The van der Waals surface area contributed by atoms with E-state index in [-0.39, 0.29) is 23.4 Å². The zero-order chi connectivity index (χ0) is 33.2. The molecule has 2 saturated heterocycles. The molecule has 2 fully saturated rings. The Balaban J connectivity index is 0.998. The fourth-order valence-electron chi connectivity index (χ4n) is 6.69. The number of benzene rings is 2. The molecule has 0 amide bonds. The number of aromatic nitrogens is 6. The fourth-order valence-corrected chi connectivity index (χ4v) is 6.69. The summed E-state index contributed by atoms with van der Waals surface area (Å²) in [6, 6.07) is 10.7. The Labute approximate surface area is 270 Å². The number of para-hydroxylation sites is 1. The molecule has 0 bridgehead atoms. The highest BCUT2D eigenvalue weighted by atomic mass is 19.4. The molecule has 1 unspecified atom stereocenters. The predicted octanol–water partition coefficient (Wildman–Crippen LogP) is 6.33. The van der Waals surface area contributed by atoms with Gasteiger partial charge in [0.1, 0.15) is 23.0 Å². The van der Waals surface area contributed by atoms with Gasteiger partial charge in [0.05, 0.1) is 24.8 Å². The number of nitrogens with one attached hydrogen (secondary N) is 1. The lowest BCUT2D eigenvalue weighted by molar-refractivity contribution is -0.144. The number of likely N-dealkylation sites (tertiary alicyclic amines) is 1. The maximum absolute atomic E-state index is 14.7. The van der Waals surface area contributed by atoms with E-state index in [1.54, 1.807) is 19.1 Å². The van der Waals surface area contributed by atoms with Crippen molar-refractivity contribution in [1.29, 1.82) is 0 Å². The molecule has 3 aliphatic heterocycles. The summed E-state index contributed by atoms with van der Waals surface area (Å²) in [5.74, 6) is -2.03. The van der Waals surface area contributed by atoms with Crippen molar-refractivity contribution in [2.24, 2.45) is 0 Å². The van der Waals surface area contributed by atoms with Crippen molar-refractivity contribution in [3.8, 4) is 22.9 Å². The summed E-state index contributed by atoms with van der Waals surface area (Å²) in [7, 11) is 0. The molecular formula is C33H30F5N7O3. The first-order valence-electron chi connectivity index (χ1n) is 15.7. The summed E-state index contributed by atoms with van der Waals surface area (Å²) < 4.78 is 87.7. The lowest BCUT2D eigenvalue weighted by Gasteiger charge is -2.33. The maximum Gasteiger partial charge on any atom is 0.451 e. The summed E-state index contributed by atoms with van der Waals surface area (Å²) >= 11 is 0. The van der Waals surface area contributed by atoms with Gasteiger partial charge in [0, 0.05) is 36.9 Å². The van der Waals surface area contributed by atoms with Crippen molar-refractivity contribution < 1.29 is 36.2 Å². The monoisotopic (exact) mass is 667 g/mol. The predicted molar refractivity (Wildman–Crippen MR) is 161 cm³/mol. The largest absolute Gasteiger partial charge is 0.451 e. The fraction of sp³-hybridized carbons (Fsp3) is 0.394. The number of ether oxygens (including phenoxy) is 3.